The number of hydrogen-bond donors (Lipinski definition) is 20. The van der Waals surface area contributed by atoms with E-state index in [1.54, 1.807) is 0 Å². The number of ether oxygens (including phenoxy) is 4. The van der Waals surface area contributed by atoms with Crippen LogP contribution in [0, 0.1) is 0 Å². The van der Waals surface area contributed by atoms with Gasteiger partial charge >= 0.3 is 0 Å². The van der Waals surface area contributed by atoms with Gasteiger partial charge in [0.2, 0.25) is 0 Å². The van der Waals surface area contributed by atoms with Crippen molar-refractivity contribution in [3.63, 3.8) is 0 Å². The predicted molar refractivity (Wildman–Crippen MR) is 288 cm³/mol. The highest BCUT2D eigenvalue weighted by Gasteiger charge is 2.46. The van der Waals surface area contributed by atoms with E-state index in [2.05, 4.69) is 0 Å². The lowest BCUT2D eigenvalue weighted by Gasteiger charge is -2.36. The fourth-order valence-electron chi connectivity index (χ4n) is 10.7. The Bertz CT molecular complexity index is 4360. The van der Waals surface area contributed by atoms with E-state index in [0.717, 1.165) is 84.9 Å². The Morgan fingerprint density at radius 2 is 0.560 bits per heavy atom. The van der Waals surface area contributed by atoms with Crippen LogP contribution in [-0.4, -0.2) is 102 Å². The molecule has 84 heavy (non-hydrogen) atoms. The molecule has 0 spiro atoms. The molecule has 8 aromatic rings. The van der Waals surface area contributed by atoms with Gasteiger partial charge in [0.15, 0.2) is 70.4 Å². The average Bonchev–Trinajstić information content (AvgIpc) is 0.762. The molecule has 4 atom stereocenters. The van der Waals surface area contributed by atoms with Crippen molar-refractivity contribution in [1.29, 1.82) is 0 Å². The highest BCUT2D eigenvalue weighted by molar-refractivity contribution is 6.04. The van der Waals surface area contributed by atoms with Gasteiger partial charge in [0, 0.05) is 69.3 Å². The van der Waals surface area contributed by atoms with Gasteiger partial charge in [0.25, 0.3) is 0 Å². The number of phenolic OH excluding ortho intramolecular Hbond substituents is 16. The Kier molecular flexibility index (Phi) is 11.8. The van der Waals surface area contributed by atoms with Crippen LogP contribution in [0.5, 0.6) is 115 Å². The van der Waals surface area contributed by atoms with Crippen LogP contribution in [0.15, 0.2) is 126 Å². The van der Waals surface area contributed by atoms with E-state index in [9.17, 15) is 102 Å². The molecule has 0 fully saturated rings. The number of aliphatic hydroxyl groups excluding tert-OH is 4. The summed E-state index contributed by atoms with van der Waals surface area (Å²) in [6, 6.07) is 16.7. The maximum absolute atomic E-state index is 12.9. The Morgan fingerprint density at radius 1 is 0.250 bits per heavy atom. The zero-order valence-corrected chi connectivity index (χ0v) is 42.3. The van der Waals surface area contributed by atoms with Crippen LogP contribution in [0.1, 0.15) is 85.6 Å². The lowest BCUT2D eigenvalue weighted by molar-refractivity contribution is 0.164. The van der Waals surface area contributed by atoms with Gasteiger partial charge in [-0.15, -0.1) is 0 Å². The highest BCUT2D eigenvalue weighted by atomic mass is 16.5. The van der Waals surface area contributed by atoms with E-state index in [0.29, 0.717) is 12.1 Å². The Labute approximate surface area is 469 Å². The standard InChI is InChI=1S/C60H42O24/c61-23-13-34(71)42-41(14-23)81-55(20-2-6-26(63)31(68)10-20)51(78)48(42)44-36(73)17-38(75)46-50(53(80)57(83-59(44)46)22-4-8-28(65)33(70)12-22)47-39(76)18-37(74)45-49(52(79)56(84-60(45)47)21-3-7-27(64)32(69)11-21)43-35(72)16-29(66)24-15-40(77)54(82-58(24)43)19-1-5-25(62)30(67)9-19/h1-18,54-57,61-80H/t54-,55-,56-,57-/m1/s1. The number of aromatic hydroxyl groups is 16. The van der Waals surface area contributed by atoms with Crippen LogP contribution in [0.4, 0.5) is 0 Å². The molecule has 0 aliphatic carbocycles. The molecule has 0 amide bonds. The first kappa shape index (κ1) is 52.6. The van der Waals surface area contributed by atoms with Crippen molar-refractivity contribution in [2.24, 2.45) is 0 Å². The zero-order valence-electron chi connectivity index (χ0n) is 42.3. The zero-order chi connectivity index (χ0) is 59.8. The molecule has 20 N–H and O–H groups in total. The minimum absolute atomic E-state index is 0.0178. The van der Waals surface area contributed by atoms with E-state index < -0.39 is 207 Å². The quantitative estimate of drug-likeness (QED) is 0.0660. The minimum atomic E-state index is -2.02. The van der Waals surface area contributed by atoms with Crippen molar-refractivity contribution < 1.29 is 121 Å². The third-order valence-corrected chi connectivity index (χ3v) is 14.6. The molecule has 4 aliphatic rings. The first-order chi connectivity index (χ1) is 39.9. The summed E-state index contributed by atoms with van der Waals surface area (Å²) >= 11 is 0. The van der Waals surface area contributed by atoms with Gasteiger partial charge < -0.3 is 121 Å². The van der Waals surface area contributed by atoms with Gasteiger partial charge in [0.1, 0.15) is 92.0 Å². The number of fused-ring (bicyclic) bond motifs is 4. The van der Waals surface area contributed by atoms with Crippen molar-refractivity contribution in [2.45, 2.75) is 24.4 Å². The summed E-state index contributed by atoms with van der Waals surface area (Å²) in [7, 11) is 0. The first-order valence-electron chi connectivity index (χ1n) is 24.7. The maximum Gasteiger partial charge on any atom is 0.181 e. The van der Waals surface area contributed by atoms with Crippen molar-refractivity contribution in [1.82, 2.24) is 0 Å². The van der Waals surface area contributed by atoms with Crippen LogP contribution < -0.4 is 18.9 Å². The molecule has 4 aliphatic heterocycles. The summed E-state index contributed by atoms with van der Waals surface area (Å²) in [5.41, 5.74) is -6.83. The Hall–Kier alpha value is -12.1. The van der Waals surface area contributed by atoms with Crippen LogP contribution in [-0.2, 0) is 0 Å². The summed E-state index contributed by atoms with van der Waals surface area (Å²) < 4.78 is 25.4. The molecule has 0 saturated heterocycles. The molecular weight excluding hydrogens is 1100 g/mol. The topological polar surface area (TPSA) is 442 Å². The molecule has 0 radical (unpaired) electrons. The van der Waals surface area contributed by atoms with Crippen molar-refractivity contribution in [3.8, 4) is 115 Å². The Balaban J connectivity index is 1.18. The van der Waals surface area contributed by atoms with Crippen LogP contribution in [0.3, 0.4) is 0 Å². The van der Waals surface area contributed by atoms with E-state index in [1.165, 1.54) is 12.1 Å². The van der Waals surface area contributed by atoms with Gasteiger partial charge in [-0.25, -0.2) is 0 Å². The molecule has 0 saturated carbocycles. The van der Waals surface area contributed by atoms with Crippen LogP contribution in [0.2, 0.25) is 0 Å². The van der Waals surface area contributed by atoms with Gasteiger partial charge in [-0.1, -0.05) is 24.3 Å². The largest absolute Gasteiger partial charge is 0.508 e. The maximum atomic E-state index is 12.9. The number of hydrogen-bond acceptors (Lipinski definition) is 24. The lowest BCUT2D eigenvalue weighted by atomic mass is 9.80. The fourth-order valence-corrected chi connectivity index (χ4v) is 10.7. The van der Waals surface area contributed by atoms with E-state index in [4.69, 9.17) is 18.9 Å². The molecule has 8 aromatic carbocycles. The van der Waals surface area contributed by atoms with E-state index in [-0.39, 0.29) is 33.6 Å². The SMILES string of the molecule is OC1=Cc2c(O)cc(O)c(C3=C(O)[C@@H](c4ccc(O)c(O)c4)Oc4c3c(O)cc(O)c4C3=C(O)[C@@H](c4ccc(O)c(O)c4)Oc4c(C5=C(O)[C@@H](c6ccc(O)c(O)c6)Oc6cc(O)cc(O)c65)c(O)cc(O)c43)c2O[C@@H]1c1ccc(O)c(O)c1. The summed E-state index contributed by atoms with van der Waals surface area (Å²) in [5.74, 6) is -18.3. The second-order valence-corrected chi connectivity index (χ2v) is 19.7. The number of rotatable bonds is 7. The molecule has 0 unspecified atom stereocenters. The molecule has 24 nitrogen and oxygen atoms in total. The normalized spacial score (nSPS) is 17.8. The second-order valence-electron chi connectivity index (χ2n) is 19.7. The van der Waals surface area contributed by atoms with E-state index >= 15 is 0 Å². The minimum Gasteiger partial charge on any atom is -0.508 e. The Morgan fingerprint density at radius 3 is 0.940 bits per heavy atom. The second kappa shape index (κ2) is 18.8. The molecule has 0 bridgehead atoms. The summed E-state index contributed by atoms with van der Waals surface area (Å²) in [5, 5.41) is 228. The predicted octanol–water partition coefficient (Wildman–Crippen LogP) is 9.36. The summed E-state index contributed by atoms with van der Waals surface area (Å²) in [6.07, 6.45) is -6.35. The van der Waals surface area contributed by atoms with Crippen molar-refractivity contribution in [2.75, 3.05) is 0 Å². The average molecular weight is 1150 g/mol. The number of benzene rings is 8. The summed E-state index contributed by atoms with van der Waals surface area (Å²) in [4.78, 5) is 0. The van der Waals surface area contributed by atoms with Crippen LogP contribution >= 0.6 is 0 Å². The smallest absolute Gasteiger partial charge is 0.181 e. The lowest BCUT2D eigenvalue weighted by Crippen LogP contribution is -2.23. The van der Waals surface area contributed by atoms with Crippen LogP contribution in [0.25, 0.3) is 22.8 Å². The first-order valence-corrected chi connectivity index (χ1v) is 24.7. The van der Waals surface area contributed by atoms with Gasteiger partial charge in [0.05, 0.1) is 38.9 Å². The van der Waals surface area contributed by atoms with Gasteiger partial charge in [-0.2, -0.15) is 0 Å². The monoisotopic (exact) mass is 1150 g/mol. The third kappa shape index (κ3) is 7.99. The fraction of sp³-hybridized carbons (Fsp3) is 0.0667. The molecule has 4 heterocycles. The van der Waals surface area contributed by atoms with Gasteiger partial charge in [-0.05, 0) is 54.6 Å². The van der Waals surface area contributed by atoms with Gasteiger partial charge in [-0.3, -0.25) is 0 Å². The molecule has 12 rings (SSSR count). The highest BCUT2D eigenvalue weighted by Crippen LogP contribution is 2.64. The molecule has 24 heteroatoms. The van der Waals surface area contributed by atoms with Crippen molar-refractivity contribution in [3.05, 3.63) is 187 Å². The summed E-state index contributed by atoms with van der Waals surface area (Å²) in [6.45, 7) is 0. The van der Waals surface area contributed by atoms with E-state index in [1.807, 2.05) is 0 Å². The molecule has 426 valence electrons. The number of aliphatic hydroxyl groups is 4. The molecule has 0 aromatic heterocycles. The third-order valence-electron chi connectivity index (χ3n) is 14.6. The van der Waals surface area contributed by atoms with Crippen molar-refractivity contribution >= 4 is 22.8 Å². The molecular formula is C60H42O24. The number of phenols is 16.